The SMILES string of the molecule is C=CCCC1=C(C(=O)OCC)C2CCCC(I)C2O1. The van der Waals surface area contributed by atoms with Crippen LogP contribution in [0.2, 0.25) is 0 Å². The first-order chi connectivity index (χ1) is 9.19. The quantitative estimate of drug-likeness (QED) is 0.317. The van der Waals surface area contributed by atoms with E-state index < -0.39 is 0 Å². The van der Waals surface area contributed by atoms with Gasteiger partial charge in [-0.3, -0.25) is 0 Å². The summed E-state index contributed by atoms with van der Waals surface area (Å²) in [6.07, 6.45) is 6.99. The third kappa shape index (κ3) is 3.15. The molecule has 19 heavy (non-hydrogen) atoms. The predicted molar refractivity (Wildman–Crippen MR) is 83.1 cm³/mol. The molecule has 1 aliphatic carbocycles. The van der Waals surface area contributed by atoms with Crippen molar-refractivity contribution in [3.05, 3.63) is 24.0 Å². The number of esters is 1. The molecule has 1 saturated carbocycles. The second-order valence-electron chi connectivity index (χ2n) is 5.02. The average Bonchev–Trinajstić information content (AvgIpc) is 2.76. The second-order valence-corrected chi connectivity index (χ2v) is 6.62. The maximum absolute atomic E-state index is 12.2. The first-order valence-electron chi connectivity index (χ1n) is 7.00. The number of allylic oxidation sites excluding steroid dienone is 2. The van der Waals surface area contributed by atoms with Crippen molar-refractivity contribution in [3.8, 4) is 0 Å². The topological polar surface area (TPSA) is 35.5 Å². The lowest BCUT2D eigenvalue weighted by atomic mass is 9.82. The van der Waals surface area contributed by atoms with E-state index in [0.29, 0.717) is 10.5 Å². The Kier molecular flexibility index (Phi) is 5.30. The zero-order valence-electron chi connectivity index (χ0n) is 11.4. The Balaban J connectivity index is 2.22. The van der Waals surface area contributed by atoms with Crippen LogP contribution in [-0.4, -0.2) is 22.6 Å². The highest BCUT2D eigenvalue weighted by Gasteiger charge is 2.45. The number of fused-ring (bicyclic) bond motifs is 1. The summed E-state index contributed by atoms with van der Waals surface area (Å²) in [7, 11) is 0. The number of carbonyl (C=O) groups is 1. The van der Waals surface area contributed by atoms with Crippen LogP contribution < -0.4 is 0 Å². The van der Waals surface area contributed by atoms with Gasteiger partial charge in [-0.05, 0) is 26.2 Å². The largest absolute Gasteiger partial charge is 0.492 e. The molecule has 1 fully saturated rings. The fourth-order valence-corrected chi connectivity index (χ4v) is 4.00. The van der Waals surface area contributed by atoms with Crippen molar-refractivity contribution >= 4 is 28.6 Å². The molecule has 3 unspecified atom stereocenters. The Labute approximate surface area is 128 Å². The maximum Gasteiger partial charge on any atom is 0.337 e. The summed E-state index contributed by atoms with van der Waals surface area (Å²) in [6, 6.07) is 0. The third-order valence-electron chi connectivity index (χ3n) is 3.77. The van der Waals surface area contributed by atoms with Crippen LogP contribution in [0.15, 0.2) is 24.0 Å². The van der Waals surface area contributed by atoms with E-state index in [0.717, 1.165) is 37.0 Å². The molecule has 0 amide bonds. The summed E-state index contributed by atoms with van der Waals surface area (Å²) in [6.45, 7) is 6.00. The summed E-state index contributed by atoms with van der Waals surface area (Å²) in [5.74, 6) is 0.894. The molecule has 0 aromatic carbocycles. The highest BCUT2D eigenvalue weighted by Crippen LogP contribution is 2.44. The minimum absolute atomic E-state index is 0.161. The molecule has 4 heteroatoms. The molecule has 106 valence electrons. The van der Waals surface area contributed by atoms with Gasteiger partial charge in [0.25, 0.3) is 0 Å². The van der Waals surface area contributed by atoms with Crippen LogP contribution in [0, 0.1) is 5.92 Å². The van der Waals surface area contributed by atoms with E-state index in [-0.39, 0.29) is 18.0 Å². The first-order valence-corrected chi connectivity index (χ1v) is 8.25. The normalized spacial score (nSPS) is 29.7. The van der Waals surface area contributed by atoms with Crippen molar-refractivity contribution in [3.63, 3.8) is 0 Å². The van der Waals surface area contributed by atoms with Crippen molar-refractivity contribution in [1.29, 1.82) is 0 Å². The van der Waals surface area contributed by atoms with Gasteiger partial charge in [0.15, 0.2) is 0 Å². The van der Waals surface area contributed by atoms with Gasteiger partial charge in [-0.2, -0.15) is 0 Å². The van der Waals surface area contributed by atoms with E-state index in [4.69, 9.17) is 9.47 Å². The molecule has 0 radical (unpaired) electrons. The lowest BCUT2D eigenvalue weighted by Gasteiger charge is -2.30. The number of alkyl halides is 1. The Morgan fingerprint density at radius 1 is 1.58 bits per heavy atom. The summed E-state index contributed by atoms with van der Waals surface area (Å²) in [5, 5.41) is 0. The van der Waals surface area contributed by atoms with E-state index in [2.05, 4.69) is 29.2 Å². The van der Waals surface area contributed by atoms with Crippen LogP contribution in [-0.2, 0) is 14.3 Å². The molecule has 3 atom stereocenters. The standard InChI is InChI=1S/C15H21IO3/c1-3-5-9-12-13(15(17)18-4-2)10-7-6-8-11(16)14(10)19-12/h3,10-11,14H,1,4-9H2,2H3. The maximum atomic E-state index is 12.2. The van der Waals surface area contributed by atoms with Crippen LogP contribution in [0.3, 0.4) is 0 Å². The molecule has 0 aromatic rings. The zero-order valence-corrected chi connectivity index (χ0v) is 13.5. The lowest BCUT2D eigenvalue weighted by molar-refractivity contribution is -0.139. The van der Waals surface area contributed by atoms with Gasteiger partial charge in [-0.15, -0.1) is 6.58 Å². The van der Waals surface area contributed by atoms with Crippen molar-refractivity contribution < 1.29 is 14.3 Å². The molecule has 2 rings (SSSR count). The molecule has 0 bridgehead atoms. The van der Waals surface area contributed by atoms with Gasteiger partial charge < -0.3 is 9.47 Å². The first kappa shape index (κ1) is 14.9. The lowest BCUT2D eigenvalue weighted by Crippen LogP contribution is -2.34. The molecule has 1 aliphatic heterocycles. The smallest absolute Gasteiger partial charge is 0.337 e. The monoisotopic (exact) mass is 376 g/mol. The van der Waals surface area contributed by atoms with Crippen molar-refractivity contribution in [2.24, 2.45) is 5.92 Å². The van der Waals surface area contributed by atoms with Crippen molar-refractivity contribution in [2.75, 3.05) is 6.61 Å². The molecule has 0 aromatic heterocycles. The van der Waals surface area contributed by atoms with Crippen LogP contribution in [0.25, 0.3) is 0 Å². The van der Waals surface area contributed by atoms with Gasteiger partial charge in [-0.1, -0.05) is 35.1 Å². The summed E-state index contributed by atoms with van der Waals surface area (Å²) in [4.78, 5) is 12.2. The van der Waals surface area contributed by atoms with Crippen molar-refractivity contribution in [1.82, 2.24) is 0 Å². The Morgan fingerprint density at radius 2 is 2.37 bits per heavy atom. The van der Waals surface area contributed by atoms with Gasteiger partial charge in [0.2, 0.25) is 0 Å². The summed E-state index contributed by atoms with van der Waals surface area (Å²) in [5.41, 5.74) is 0.801. The van der Waals surface area contributed by atoms with Crippen LogP contribution in [0.4, 0.5) is 0 Å². The molecule has 0 N–H and O–H groups in total. The van der Waals surface area contributed by atoms with Gasteiger partial charge >= 0.3 is 5.97 Å². The van der Waals surface area contributed by atoms with E-state index >= 15 is 0 Å². The molecule has 0 spiro atoms. The molecule has 1 heterocycles. The molecular weight excluding hydrogens is 355 g/mol. The Hall–Kier alpha value is -0.520. The van der Waals surface area contributed by atoms with E-state index in [1.165, 1.54) is 6.42 Å². The fraction of sp³-hybridized carbons (Fsp3) is 0.667. The van der Waals surface area contributed by atoms with Gasteiger partial charge in [0.05, 0.1) is 12.2 Å². The zero-order chi connectivity index (χ0) is 13.8. The molecule has 0 saturated heterocycles. The minimum Gasteiger partial charge on any atom is -0.492 e. The minimum atomic E-state index is -0.181. The predicted octanol–water partition coefficient (Wildman–Crippen LogP) is 3.77. The average molecular weight is 376 g/mol. The molecule has 2 aliphatic rings. The molecular formula is C15H21IO3. The number of ether oxygens (including phenoxy) is 2. The number of carbonyl (C=O) groups excluding carboxylic acids is 1. The number of rotatable bonds is 5. The van der Waals surface area contributed by atoms with E-state index in [1.54, 1.807) is 0 Å². The molecule has 3 nitrogen and oxygen atoms in total. The van der Waals surface area contributed by atoms with Gasteiger partial charge in [0.1, 0.15) is 11.9 Å². The Bertz CT molecular complexity index is 389. The number of halogens is 1. The second kappa shape index (κ2) is 6.77. The van der Waals surface area contributed by atoms with Crippen LogP contribution in [0.1, 0.15) is 39.0 Å². The van der Waals surface area contributed by atoms with Crippen LogP contribution >= 0.6 is 22.6 Å². The number of hydrogen-bond donors (Lipinski definition) is 0. The van der Waals surface area contributed by atoms with Crippen LogP contribution in [0.5, 0.6) is 0 Å². The van der Waals surface area contributed by atoms with E-state index in [9.17, 15) is 4.79 Å². The van der Waals surface area contributed by atoms with E-state index in [1.807, 2.05) is 13.0 Å². The van der Waals surface area contributed by atoms with Crippen molar-refractivity contribution in [2.45, 2.75) is 49.1 Å². The highest BCUT2D eigenvalue weighted by molar-refractivity contribution is 14.1. The number of hydrogen-bond acceptors (Lipinski definition) is 3. The third-order valence-corrected chi connectivity index (χ3v) is 5.10. The van der Waals surface area contributed by atoms with Gasteiger partial charge in [-0.25, -0.2) is 4.79 Å². The van der Waals surface area contributed by atoms with Gasteiger partial charge in [0, 0.05) is 16.3 Å². The highest BCUT2D eigenvalue weighted by atomic mass is 127. The summed E-state index contributed by atoms with van der Waals surface area (Å²) < 4.78 is 11.8. The fourth-order valence-electron chi connectivity index (χ4n) is 2.91. The Morgan fingerprint density at radius 3 is 3.05 bits per heavy atom. The summed E-state index contributed by atoms with van der Waals surface area (Å²) >= 11 is 2.45.